The second-order valence-electron chi connectivity index (χ2n) is 4.09. The fraction of sp³-hybridized carbons (Fsp3) is 0.385. The molecule has 2 aromatic heterocycles. The van der Waals surface area contributed by atoms with Gasteiger partial charge in [-0.1, -0.05) is 0 Å². The number of hydrogen-bond acceptors (Lipinski definition) is 4. The number of pyridine rings is 1. The van der Waals surface area contributed by atoms with Gasteiger partial charge in [0.15, 0.2) is 0 Å². The summed E-state index contributed by atoms with van der Waals surface area (Å²) in [5, 5.41) is 6.80. The van der Waals surface area contributed by atoms with Crippen molar-refractivity contribution in [1.82, 2.24) is 15.3 Å². The Morgan fingerprint density at radius 3 is 2.76 bits per heavy atom. The van der Waals surface area contributed by atoms with Crippen LogP contribution in [0.4, 0.5) is 0 Å². The lowest BCUT2D eigenvalue weighted by molar-refractivity contribution is 0.575. The predicted molar refractivity (Wildman–Crippen MR) is 71.2 cm³/mol. The van der Waals surface area contributed by atoms with Gasteiger partial charge in [-0.3, -0.25) is 4.98 Å². The first-order valence-electron chi connectivity index (χ1n) is 5.80. The summed E-state index contributed by atoms with van der Waals surface area (Å²) >= 11 is 1.74. The molecule has 0 aliphatic carbocycles. The average Bonchev–Trinajstić information content (AvgIpc) is 2.76. The van der Waals surface area contributed by atoms with E-state index in [9.17, 15) is 0 Å². The third kappa shape index (κ3) is 3.61. The van der Waals surface area contributed by atoms with Crippen molar-refractivity contribution in [3.05, 3.63) is 46.2 Å². The molecule has 17 heavy (non-hydrogen) atoms. The third-order valence-electron chi connectivity index (χ3n) is 2.66. The Balaban J connectivity index is 1.79. The number of rotatable bonds is 5. The van der Waals surface area contributed by atoms with Crippen molar-refractivity contribution in [3.8, 4) is 0 Å². The zero-order valence-corrected chi connectivity index (χ0v) is 11.0. The Morgan fingerprint density at radius 1 is 1.35 bits per heavy atom. The van der Waals surface area contributed by atoms with Crippen LogP contribution in [0.3, 0.4) is 0 Å². The highest BCUT2D eigenvalue weighted by Crippen LogP contribution is 2.12. The zero-order chi connectivity index (χ0) is 12.1. The van der Waals surface area contributed by atoms with Crippen molar-refractivity contribution in [3.63, 3.8) is 0 Å². The Labute approximate surface area is 106 Å². The molecular formula is C13H17N3S. The normalized spacial score (nSPS) is 12.6. The zero-order valence-electron chi connectivity index (χ0n) is 10.2. The Hall–Kier alpha value is -1.26. The van der Waals surface area contributed by atoms with E-state index in [0.29, 0.717) is 6.04 Å². The Kier molecular flexibility index (Phi) is 4.23. The van der Waals surface area contributed by atoms with Gasteiger partial charge in [0.2, 0.25) is 0 Å². The minimum Gasteiger partial charge on any atom is -0.310 e. The molecule has 1 N–H and O–H groups in total. The van der Waals surface area contributed by atoms with E-state index in [1.165, 1.54) is 10.6 Å². The highest BCUT2D eigenvalue weighted by molar-refractivity contribution is 7.09. The second kappa shape index (κ2) is 5.89. The minimum absolute atomic E-state index is 0.360. The molecule has 2 aromatic rings. The number of aromatic nitrogens is 2. The first kappa shape index (κ1) is 12.2. The molecule has 2 rings (SSSR count). The molecule has 2 heterocycles. The summed E-state index contributed by atoms with van der Waals surface area (Å²) in [6, 6.07) is 4.45. The maximum Gasteiger partial charge on any atom is 0.0940 e. The van der Waals surface area contributed by atoms with Crippen molar-refractivity contribution < 1.29 is 0 Å². The topological polar surface area (TPSA) is 37.8 Å². The molecule has 1 atom stereocenters. The quantitative estimate of drug-likeness (QED) is 0.883. The van der Waals surface area contributed by atoms with E-state index in [4.69, 9.17) is 0 Å². The summed E-state index contributed by atoms with van der Waals surface area (Å²) in [5.74, 6) is 0. The van der Waals surface area contributed by atoms with E-state index in [2.05, 4.69) is 27.6 Å². The molecule has 3 nitrogen and oxygen atoms in total. The summed E-state index contributed by atoms with van der Waals surface area (Å²) in [6.45, 7) is 5.16. The highest BCUT2D eigenvalue weighted by Gasteiger charge is 2.04. The van der Waals surface area contributed by atoms with Crippen LogP contribution >= 0.6 is 11.3 Å². The molecule has 0 aliphatic rings. The van der Waals surface area contributed by atoms with Crippen LogP contribution in [-0.4, -0.2) is 16.5 Å². The van der Waals surface area contributed by atoms with Crippen LogP contribution < -0.4 is 5.32 Å². The standard InChI is InChI=1S/C13H17N3S/c1-10-9-17-13(16-10)5-8-15-11(2)12-3-6-14-7-4-12/h3-4,6-7,9,11,15H,5,8H2,1-2H3. The van der Waals surface area contributed by atoms with Crippen LogP contribution in [0.5, 0.6) is 0 Å². The van der Waals surface area contributed by atoms with Crippen molar-refractivity contribution in [2.24, 2.45) is 0 Å². The van der Waals surface area contributed by atoms with Crippen LogP contribution in [0.25, 0.3) is 0 Å². The first-order valence-corrected chi connectivity index (χ1v) is 6.68. The van der Waals surface area contributed by atoms with Gasteiger partial charge in [0.1, 0.15) is 0 Å². The van der Waals surface area contributed by atoms with Gasteiger partial charge in [0.25, 0.3) is 0 Å². The molecule has 0 radical (unpaired) electrons. The van der Waals surface area contributed by atoms with Gasteiger partial charge in [0.05, 0.1) is 5.01 Å². The first-order chi connectivity index (χ1) is 8.25. The number of aryl methyl sites for hydroxylation is 1. The Bertz CT molecular complexity index is 453. The lowest BCUT2D eigenvalue weighted by Gasteiger charge is -2.13. The van der Waals surface area contributed by atoms with E-state index in [1.54, 1.807) is 11.3 Å². The monoisotopic (exact) mass is 247 g/mol. The van der Waals surface area contributed by atoms with E-state index in [-0.39, 0.29) is 0 Å². The van der Waals surface area contributed by atoms with E-state index < -0.39 is 0 Å². The minimum atomic E-state index is 0.360. The number of nitrogens with zero attached hydrogens (tertiary/aromatic N) is 2. The summed E-state index contributed by atoms with van der Waals surface area (Å²) in [6.07, 6.45) is 4.66. The van der Waals surface area contributed by atoms with Gasteiger partial charge in [-0.2, -0.15) is 0 Å². The molecule has 1 unspecified atom stereocenters. The molecule has 0 aromatic carbocycles. The van der Waals surface area contributed by atoms with Crippen molar-refractivity contribution in [1.29, 1.82) is 0 Å². The van der Waals surface area contributed by atoms with Gasteiger partial charge < -0.3 is 5.32 Å². The molecule has 0 saturated carbocycles. The van der Waals surface area contributed by atoms with Gasteiger partial charge in [0, 0.05) is 42.5 Å². The number of nitrogens with one attached hydrogen (secondary N) is 1. The van der Waals surface area contributed by atoms with Crippen molar-refractivity contribution >= 4 is 11.3 Å². The van der Waals surface area contributed by atoms with Crippen molar-refractivity contribution in [2.75, 3.05) is 6.54 Å². The van der Waals surface area contributed by atoms with Crippen LogP contribution in [0.1, 0.15) is 29.2 Å². The lowest BCUT2D eigenvalue weighted by Crippen LogP contribution is -2.21. The SMILES string of the molecule is Cc1csc(CCNC(C)c2ccncc2)n1. The third-order valence-corrected chi connectivity index (χ3v) is 3.69. The van der Waals surface area contributed by atoms with Crippen LogP contribution in [0.15, 0.2) is 29.9 Å². The average molecular weight is 247 g/mol. The molecule has 4 heteroatoms. The molecule has 90 valence electrons. The summed E-state index contributed by atoms with van der Waals surface area (Å²) in [7, 11) is 0. The highest BCUT2D eigenvalue weighted by atomic mass is 32.1. The molecule has 0 bridgehead atoms. The summed E-state index contributed by atoms with van der Waals surface area (Å²) in [4.78, 5) is 8.47. The van der Waals surface area contributed by atoms with E-state index >= 15 is 0 Å². The smallest absolute Gasteiger partial charge is 0.0940 e. The molecule has 0 aliphatic heterocycles. The van der Waals surface area contributed by atoms with E-state index in [1.807, 2.05) is 31.5 Å². The molecule has 0 spiro atoms. The largest absolute Gasteiger partial charge is 0.310 e. The van der Waals surface area contributed by atoms with Gasteiger partial charge in [-0.15, -0.1) is 11.3 Å². The van der Waals surface area contributed by atoms with E-state index in [0.717, 1.165) is 18.7 Å². The lowest BCUT2D eigenvalue weighted by atomic mass is 10.1. The predicted octanol–water partition coefficient (Wildman–Crippen LogP) is 2.74. The van der Waals surface area contributed by atoms with Gasteiger partial charge in [-0.25, -0.2) is 4.98 Å². The number of hydrogen-bond donors (Lipinski definition) is 1. The van der Waals surface area contributed by atoms with Gasteiger partial charge >= 0.3 is 0 Å². The fourth-order valence-corrected chi connectivity index (χ4v) is 2.46. The maximum atomic E-state index is 4.45. The van der Waals surface area contributed by atoms with Crippen molar-refractivity contribution in [2.45, 2.75) is 26.3 Å². The maximum absolute atomic E-state index is 4.45. The fourth-order valence-electron chi connectivity index (χ4n) is 1.68. The molecular weight excluding hydrogens is 230 g/mol. The van der Waals surface area contributed by atoms with Crippen LogP contribution in [0, 0.1) is 6.92 Å². The molecule has 0 saturated heterocycles. The summed E-state index contributed by atoms with van der Waals surface area (Å²) < 4.78 is 0. The second-order valence-corrected chi connectivity index (χ2v) is 5.03. The Morgan fingerprint density at radius 2 is 2.12 bits per heavy atom. The summed E-state index contributed by atoms with van der Waals surface area (Å²) in [5.41, 5.74) is 2.39. The molecule has 0 fully saturated rings. The van der Waals surface area contributed by atoms with Crippen LogP contribution in [-0.2, 0) is 6.42 Å². The number of thiazole rings is 1. The van der Waals surface area contributed by atoms with Crippen LogP contribution in [0.2, 0.25) is 0 Å². The van der Waals surface area contributed by atoms with Gasteiger partial charge in [-0.05, 0) is 31.5 Å². The molecule has 0 amide bonds.